The summed E-state index contributed by atoms with van der Waals surface area (Å²) in [4.78, 5) is 19.5. The maximum atomic E-state index is 11.1. The van der Waals surface area contributed by atoms with Crippen LogP contribution >= 0.6 is 0 Å². The fraction of sp³-hybridized carbons (Fsp3) is 0.120. The molecule has 1 aliphatic heterocycles. The number of nitro benzene ring substituents is 1. The van der Waals surface area contributed by atoms with Crippen molar-refractivity contribution in [2.75, 3.05) is 18.5 Å². The van der Waals surface area contributed by atoms with Crippen LogP contribution in [0.5, 0.6) is 11.5 Å². The Balaban J connectivity index is 1.30. The smallest absolute Gasteiger partial charge is 0.271 e. The third-order valence-electron chi connectivity index (χ3n) is 5.72. The van der Waals surface area contributed by atoms with E-state index in [1.165, 1.54) is 23.1 Å². The molecule has 178 valence electrons. The van der Waals surface area contributed by atoms with E-state index in [1.54, 1.807) is 18.3 Å². The molecule has 0 aliphatic carbocycles. The highest BCUT2D eigenvalue weighted by Gasteiger charge is 2.15. The summed E-state index contributed by atoms with van der Waals surface area (Å²) in [5, 5.41) is 23.7. The quantitative estimate of drug-likeness (QED) is 0.280. The van der Waals surface area contributed by atoms with Crippen LogP contribution < -0.4 is 14.8 Å². The van der Waals surface area contributed by atoms with E-state index >= 15 is 0 Å². The molecule has 11 nitrogen and oxygen atoms in total. The molecular weight excluding hydrogens is 462 g/mol. The molecule has 11 heteroatoms. The van der Waals surface area contributed by atoms with Gasteiger partial charge in [-0.15, -0.1) is 5.10 Å². The fourth-order valence-corrected chi connectivity index (χ4v) is 3.98. The van der Waals surface area contributed by atoms with Gasteiger partial charge in [-0.05, 0) is 24.3 Å². The number of benzene rings is 3. The van der Waals surface area contributed by atoms with Crippen molar-refractivity contribution in [3.63, 3.8) is 0 Å². The van der Waals surface area contributed by atoms with Crippen LogP contribution in [0.25, 0.3) is 27.8 Å². The van der Waals surface area contributed by atoms with Gasteiger partial charge in [-0.25, -0.2) is 14.6 Å². The Morgan fingerprint density at radius 1 is 0.972 bits per heavy atom. The van der Waals surface area contributed by atoms with Gasteiger partial charge < -0.3 is 14.8 Å². The maximum absolute atomic E-state index is 11.1. The molecule has 0 radical (unpaired) electrons. The Morgan fingerprint density at radius 3 is 2.67 bits per heavy atom. The van der Waals surface area contributed by atoms with Gasteiger partial charge in [0.05, 0.1) is 35.5 Å². The molecule has 0 unspecified atom stereocenters. The van der Waals surface area contributed by atoms with Crippen LogP contribution in [0.15, 0.2) is 73.2 Å². The van der Waals surface area contributed by atoms with E-state index in [4.69, 9.17) is 9.47 Å². The van der Waals surface area contributed by atoms with Crippen LogP contribution in [0.2, 0.25) is 0 Å². The molecule has 3 aromatic carbocycles. The normalized spacial score (nSPS) is 12.8. The van der Waals surface area contributed by atoms with Crippen molar-refractivity contribution in [2.45, 2.75) is 6.42 Å². The second-order valence-corrected chi connectivity index (χ2v) is 8.12. The van der Waals surface area contributed by atoms with E-state index < -0.39 is 4.92 Å². The summed E-state index contributed by atoms with van der Waals surface area (Å²) >= 11 is 0. The highest BCUT2D eigenvalue weighted by Crippen LogP contribution is 2.36. The lowest BCUT2D eigenvalue weighted by atomic mass is 10.1. The molecule has 36 heavy (non-hydrogen) atoms. The lowest BCUT2D eigenvalue weighted by molar-refractivity contribution is -0.384. The number of hydrogen-bond acceptors (Lipinski definition) is 9. The zero-order chi connectivity index (χ0) is 24.5. The minimum absolute atomic E-state index is 0.0123. The maximum Gasteiger partial charge on any atom is 0.271 e. The summed E-state index contributed by atoms with van der Waals surface area (Å²) in [5.74, 6) is 1.98. The largest absolute Gasteiger partial charge is 0.490 e. The van der Waals surface area contributed by atoms with Gasteiger partial charge >= 0.3 is 0 Å². The van der Waals surface area contributed by atoms with Gasteiger partial charge in [-0.1, -0.05) is 23.4 Å². The van der Waals surface area contributed by atoms with E-state index in [0.717, 1.165) is 28.6 Å². The number of ether oxygens (including phenoxy) is 2. The molecule has 2 aromatic heterocycles. The van der Waals surface area contributed by atoms with Crippen LogP contribution in [0.3, 0.4) is 0 Å². The first-order valence-corrected chi connectivity index (χ1v) is 11.2. The first-order chi connectivity index (χ1) is 17.6. The van der Waals surface area contributed by atoms with E-state index in [1.807, 2.05) is 36.4 Å². The zero-order valence-corrected chi connectivity index (χ0v) is 18.9. The minimum atomic E-state index is -0.441. The Bertz CT molecular complexity index is 1600. The van der Waals surface area contributed by atoms with Crippen molar-refractivity contribution in [2.24, 2.45) is 0 Å². The second kappa shape index (κ2) is 8.95. The van der Waals surface area contributed by atoms with Crippen LogP contribution in [-0.4, -0.2) is 43.1 Å². The molecule has 0 spiro atoms. The van der Waals surface area contributed by atoms with Gasteiger partial charge in [0, 0.05) is 41.3 Å². The van der Waals surface area contributed by atoms with Crippen molar-refractivity contribution in [1.82, 2.24) is 25.0 Å². The van der Waals surface area contributed by atoms with Crippen molar-refractivity contribution in [3.8, 4) is 28.4 Å². The third kappa shape index (κ3) is 4.13. The molecule has 6 rings (SSSR count). The average molecular weight is 481 g/mol. The van der Waals surface area contributed by atoms with Gasteiger partial charge in [0.2, 0.25) is 0 Å². The van der Waals surface area contributed by atoms with E-state index in [0.29, 0.717) is 41.9 Å². The first kappa shape index (κ1) is 21.5. The number of non-ortho nitro benzene ring substituents is 1. The number of rotatable bonds is 5. The van der Waals surface area contributed by atoms with E-state index in [2.05, 4.69) is 25.6 Å². The summed E-state index contributed by atoms with van der Waals surface area (Å²) in [6.45, 7) is 1.20. The average Bonchev–Trinajstić information content (AvgIpc) is 3.29. The predicted molar refractivity (Wildman–Crippen MR) is 132 cm³/mol. The van der Waals surface area contributed by atoms with Crippen LogP contribution in [-0.2, 0) is 0 Å². The molecule has 3 heterocycles. The number of hydrogen-bond donors (Lipinski definition) is 1. The SMILES string of the molecule is O=[N+]([O-])c1cccc(-n2cc(-c3cccc(Nc4ncnc5cc6c(cc45)OCCCO6)c3)nn2)c1. The molecule has 0 bridgehead atoms. The van der Waals surface area contributed by atoms with Gasteiger partial charge in [-0.2, -0.15) is 0 Å². The van der Waals surface area contributed by atoms with Crippen molar-refractivity contribution in [3.05, 3.63) is 83.3 Å². The first-order valence-electron chi connectivity index (χ1n) is 11.2. The Morgan fingerprint density at radius 2 is 1.81 bits per heavy atom. The van der Waals surface area contributed by atoms with E-state index in [-0.39, 0.29) is 5.69 Å². The van der Waals surface area contributed by atoms with Gasteiger partial charge in [-0.3, -0.25) is 10.1 Å². The minimum Gasteiger partial charge on any atom is -0.490 e. The van der Waals surface area contributed by atoms with Crippen LogP contribution in [0.1, 0.15) is 6.42 Å². The number of nitrogens with zero attached hydrogens (tertiary/aromatic N) is 6. The summed E-state index contributed by atoms with van der Waals surface area (Å²) in [6, 6.07) is 17.7. The summed E-state index contributed by atoms with van der Waals surface area (Å²) in [5.41, 5.74) is 3.52. The van der Waals surface area contributed by atoms with Crippen molar-refractivity contribution >= 4 is 28.1 Å². The monoisotopic (exact) mass is 481 g/mol. The molecule has 0 fully saturated rings. The molecule has 0 amide bonds. The van der Waals surface area contributed by atoms with Crippen LogP contribution in [0, 0.1) is 10.1 Å². The molecular formula is C25H19N7O4. The second-order valence-electron chi connectivity index (χ2n) is 8.12. The molecule has 5 aromatic rings. The third-order valence-corrected chi connectivity index (χ3v) is 5.72. The fourth-order valence-electron chi connectivity index (χ4n) is 3.98. The van der Waals surface area contributed by atoms with Crippen molar-refractivity contribution < 1.29 is 14.4 Å². The summed E-state index contributed by atoms with van der Waals surface area (Å²) in [6.07, 6.45) is 4.05. The topological polar surface area (TPSA) is 130 Å². The number of nitrogens with one attached hydrogen (secondary N) is 1. The highest BCUT2D eigenvalue weighted by molar-refractivity contribution is 5.93. The number of aromatic nitrogens is 5. The van der Waals surface area contributed by atoms with E-state index in [9.17, 15) is 10.1 Å². The Hall–Kier alpha value is -5.06. The number of anilines is 2. The molecule has 0 saturated carbocycles. The lowest BCUT2D eigenvalue weighted by Crippen LogP contribution is -1.98. The highest BCUT2D eigenvalue weighted by atomic mass is 16.6. The zero-order valence-electron chi connectivity index (χ0n) is 18.9. The van der Waals surface area contributed by atoms with Crippen LogP contribution in [0.4, 0.5) is 17.2 Å². The predicted octanol–water partition coefficient (Wildman–Crippen LogP) is 4.69. The summed E-state index contributed by atoms with van der Waals surface area (Å²) < 4.78 is 13.1. The lowest BCUT2D eigenvalue weighted by Gasteiger charge is -2.12. The molecule has 0 saturated heterocycles. The van der Waals surface area contributed by atoms with Gasteiger partial charge in [0.1, 0.15) is 17.8 Å². The molecule has 1 N–H and O–H groups in total. The Kier molecular flexibility index (Phi) is 5.34. The molecule has 0 atom stereocenters. The van der Waals surface area contributed by atoms with Gasteiger partial charge in [0.25, 0.3) is 5.69 Å². The Labute approximate surface area is 204 Å². The summed E-state index contributed by atoms with van der Waals surface area (Å²) in [7, 11) is 0. The molecule has 1 aliphatic rings. The number of fused-ring (bicyclic) bond motifs is 2. The standard InChI is InChI=1S/C25H19N7O4/c33-32(34)19-7-2-6-18(11-19)31-14-22(29-30-31)16-4-1-5-17(10-16)28-25-20-12-23-24(36-9-3-8-35-23)13-21(20)26-15-27-25/h1-2,4-7,10-15H,3,8-9H2,(H,26,27,28). The van der Waals surface area contributed by atoms with Gasteiger partial charge in [0.15, 0.2) is 11.5 Å². The number of nitro groups is 1. The van der Waals surface area contributed by atoms with Crippen molar-refractivity contribution in [1.29, 1.82) is 0 Å².